The molecule has 1 N–H and O–H groups in total. The molecule has 0 fully saturated rings. The van der Waals surface area contributed by atoms with E-state index < -0.39 is 15.9 Å². The molecule has 0 aliphatic heterocycles. The molecule has 0 atom stereocenters. The average molecular weight is 480 g/mol. The van der Waals surface area contributed by atoms with Crippen molar-refractivity contribution in [3.8, 4) is 5.75 Å². The number of sulfonamides is 1. The van der Waals surface area contributed by atoms with E-state index in [0.29, 0.717) is 12.3 Å². The Morgan fingerprint density at radius 2 is 1.56 bits per heavy atom. The second-order valence-electron chi connectivity index (χ2n) is 8.25. The van der Waals surface area contributed by atoms with E-state index in [1.54, 1.807) is 12.1 Å². The molecule has 3 rings (SSSR count). The third kappa shape index (κ3) is 7.45. The molecule has 34 heavy (non-hydrogen) atoms. The second kappa shape index (κ2) is 11.0. The van der Waals surface area contributed by atoms with Gasteiger partial charge in [-0.3, -0.25) is 9.10 Å². The van der Waals surface area contributed by atoms with Gasteiger partial charge in [0, 0.05) is 0 Å². The Balaban J connectivity index is 1.56. The van der Waals surface area contributed by atoms with E-state index in [2.05, 4.69) is 10.5 Å². The van der Waals surface area contributed by atoms with Crippen molar-refractivity contribution in [3.63, 3.8) is 0 Å². The summed E-state index contributed by atoms with van der Waals surface area (Å²) in [5, 5.41) is 3.95. The van der Waals surface area contributed by atoms with Crippen LogP contribution in [0.15, 0.2) is 71.8 Å². The molecule has 1 amide bonds. The van der Waals surface area contributed by atoms with Gasteiger partial charge >= 0.3 is 0 Å². The van der Waals surface area contributed by atoms with Gasteiger partial charge in [0.05, 0.1) is 18.2 Å². The fourth-order valence-electron chi connectivity index (χ4n) is 3.34. The van der Waals surface area contributed by atoms with Gasteiger partial charge in [-0.15, -0.1) is 0 Å². The van der Waals surface area contributed by atoms with Crippen LogP contribution in [-0.2, 0) is 21.4 Å². The van der Waals surface area contributed by atoms with Crippen LogP contribution in [0.25, 0.3) is 0 Å². The number of hydrazone groups is 1. The third-order valence-corrected chi connectivity index (χ3v) is 6.13. The molecular formula is C26H29N3O4S. The zero-order valence-electron chi connectivity index (χ0n) is 19.8. The van der Waals surface area contributed by atoms with Crippen molar-refractivity contribution >= 4 is 27.8 Å². The van der Waals surface area contributed by atoms with Crippen LogP contribution in [0, 0.1) is 20.8 Å². The fourth-order valence-corrected chi connectivity index (χ4v) is 4.18. The number of ether oxygens (including phenoxy) is 1. The number of benzene rings is 3. The first-order valence-corrected chi connectivity index (χ1v) is 12.6. The SMILES string of the molecule is Cc1ccc(COc2ccc(/C=N\NC(=O)CN(c3cc(C)cc(C)c3)S(C)(=O)=O)cc2)cc1. The van der Waals surface area contributed by atoms with Crippen molar-refractivity contribution in [1.82, 2.24) is 5.43 Å². The van der Waals surface area contributed by atoms with Crippen LogP contribution in [0.3, 0.4) is 0 Å². The van der Waals surface area contributed by atoms with Gasteiger partial charge in [0.1, 0.15) is 18.9 Å². The maximum atomic E-state index is 12.4. The molecule has 0 aromatic heterocycles. The molecule has 7 nitrogen and oxygen atoms in total. The van der Waals surface area contributed by atoms with E-state index in [9.17, 15) is 13.2 Å². The van der Waals surface area contributed by atoms with E-state index in [1.165, 1.54) is 11.8 Å². The van der Waals surface area contributed by atoms with Gasteiger partial charge in [-0.2, -0.15) is 5.10 Å². The summed E-state index contributed by atoms with van der Waals surface area (Å²) < 4.78 is 31.4. The molecule has 0 saturated heterocycles. The number of nitrogens with one attached hydrogen (secondary N) is 1. The third-order valence-electron chi connectivity index (χ3n) is 4.99. The van der Waals surface area contributed by atoms with Crippen LogP contribution >= 0.6 is 0 Å². The predicted octanol–water partition coefficient (Wildman–Crippen LogP) is 4.11. The molecule has 0 heterocycles. The highest BCUT2D eigenvalue weighted by Gasteiger charge is 2.21. The topological polar surface area (TPSA) is 88.1 Å². The molecular weight excluding hydrogens is 450 g/mol. The summed E-state index contributed by atoms with van der Waals surface area (Å²) in [4.78, 5) is 12.4. The second-order valence-corrected chi connectivity index (χ2v) is 10.2. The predicted molar refractivity (Wildman–Crippen MR) is 136 cm³/mol. The Labute approximate surface area is 201 Å². The van der Waals surface area contributed by atoms with Gasteiger partial charge in [0.15, 0.2) is 0 Å². The minimum Gasteiger partial charge on any atom is -0.489 e. The number of hydrogen-bond acceptors (Lipinski definition) is 5. The van der Waals surface area contributed by atoms with Crippen LogP contribution in [0.4, 0.5) is 5.69 Å². The number of nitrogens with zero attached hydrogens (tertiary/aromatic N) is 2. The normalized spacial score (nSPS) is 11.4. The lowest BCUT2D eigenvalue weighted by molar-refractivity contribution is -0.119. The van der Waals surface area contributed by atoms with Crippen LogP contribution in [-0.4, -0.2) is 33.3 Å². The van der Waals surface area contributed by atoms with Gasteiger partial charge in [-0.1, -0.05) is 35.9 Å². The highest BCUT2D eigenvalue weighted by molar-refractivity contribution is 7.92. The zero-order valence-corrected chi connectivity index (χ0v) is 20.6. The number of hydrogen-bond donors (Lipinski definition) is 1. The van der Waals surface area contributed by atoms with Gasteiger partial charge < -0.3 is 4.74 Å². The minimum absolute atomic E-state index is 0.370. The Hall–Kier alpha value is -3.65. The largest absolute Gasteiger partial charge is 0.489 e. The maximum absolute atomic E-state index is 12.4. The summed E-state index contributed by atoms with van der Waals surface area (Å²) in [6.45, 7) is 5.90. The molecule has 0 aliphatic rings. The molecule has 0 saturated carbocycles. The molecule has 3 aromatic carbocycles. The summed E-state index contributed by atoms with van der Waals surface area (Å²) in [7, 11) is -3.65. The van der Waals surface area contributed by atoms with Crippen molar-refractivity contribution in [3.05, 3.63) is 94.5 Å². The van der Waals surface area contributed by atoms with Crippen LogP contribution < -0.4 is 14.5 Å². The quantitative estimate of drug-likeness (QED) is 0.370. The molecule has 0 unspecified atom stereocenters. The number of anilines is 1. The van der Waals surface area contributed by atoms with E-state index in [4.69, 9.17) is 4.74 Å². The number of carbonyl (C=O) groups excluding carboxylic acids is 1. The minimum atomic E-state index is -3.65. The molecule has 178 valence electrons. The average Bonchev–Trinajstić information content (AvgIpc) is 2.76. The van der Waals surface area contributed by atoms with E-state index in [0.717, 1.165) is 38.6 Å². The zero-order chi connectivity index (χ0) is 24.7. The van der Waals surface area contributed by atoms with E-state index in [1.807, 2.05) is 75.4 Å². The molecule has 0 bridgehead atoms. The summed E-state index contributed by atoms with van der Waals surface area (Å²) >= 11 is 0. The van der Waals surface area contributed by atoms with Gasteiger partial charge in [0.25, 0.3) is 5.91 Å². The summed E-state index contributed by atoms with van der Waals surface area (Å²) in [6, 6.07) is 20.8. The Bertz CT molecular complexity index is 1250. The highest BCUT2D eigenvalue weighted by Crippen LogP contribution is 2.21. The fraction of sp³-hybridized carbons (Fsp3) is 0.231. The molecule has 0 spiro atoms. The molecule has 0 radical (unpaired) electrons. The summed E-state index contributed by atoms with van der Waals surface area (Å²) in [5.41, 5.74) is 7.71. The standard InChI is InChI=1S/C26H29N3O4S/c1-19-5-7-23(8-6-19)18-33-25-11-9-22(10-12-25)16-27-28-26(30)17-29(34(4,31)32)24-14-20(2)13-21(3)15-24/h5-16H,17-18H2,1-4H3,(H,28,30)/b27-16-. The first-order valence-electron chi connectivity index (χ1n) is 10.8. The van der Waals surface area contributed by atoms with Gasteiger partial charge in [-0.25, -0.2) is 13.8 Å². The molecule has 3 aromatic rings. The van der Waals surface area contributed by atoms with Crippen molar-refractivity contribution in [2.75, 3.05) is 17.1 Å². The summed E-state index contributed by atoms with van der Waals surface area (Å²) in [6.07, 6.45) is 2.56. The lowest BCUT2D eigenvalue weighted by Crippen LogP contribution is -2.39. The maximum Gasteiger partial charge on any atom is 0.260 e. The molecule has 0 aliphatic carbocycles. The smallest absolute Gasteiger partial charge is 0.260 e. The molecule has 8 heteroatoms. The first kappa shape index (κ1) is 25.0. The Morgan fingerprint density at radius 1 is 0.941 bits per heavy atom. The number of aryl methyl sites for hydroxylation is 3. The number of amides is 1. The van der Waals surface area contributed by atoms with Gasteiger partial charge in [0.2, 0.25) is 10.0 Å². The monoisotopic (exact) mass is 479 g/mol. The van der Waals surface area contributed by atoms with Crippen LogP contribution in [0.5, 0.6) is 5.75 Å². The Kier molecular flexibility index (Phi) is 8.07. The lowest BCUT2D eigenvalue weighted by atomic mass is 10.1. The van der Waals surface area contributed by atoms with Crippen LogP contribution in [0.1, 0.15) is 27.8 Å². The first-order chi connectivity index (χ1) is 16.1. The van der Waals surface area contributed by atoms with Crippen molar-refractivity contribution in [2.45, 2.75) is 27.4 Å². The number of rotatable bonds is 9. The van der Waals surface area contributed by atoms with Crippen molar-refractivity contribution in [1.29, 1.82) is 0 Å². The summed E-state index contributed by atoms with van der Waals surface area (Å²) in [5.74, 6) is 0.179. The van der Waals surface area contributed by atoms with Crippen molar-refractivity contribution in [2.24, 2.45) is 5.10 Å². The lowest BCUT2D eigenvalue weighted by Gasteiger charge is -2.22. The Morgan fingerprint density at radius 3 is 2.15 bits per heavy atom. The van der Waals surface area contributed by atoms with Crippen molar-refractivity contribution < 1.29 is 17.9 Å². The van der Waals surface area contributed by atoms with E-state index in [-0.39, 0.29) is 6.54 Å². The van der Waals surface area contributed by atoms with Crippen LogP contribution in [0.2, 0.25) is 0 Å². The highest BCUT2D eigenvalue weighted by atomic mass is 32.2. The van der Waals surface area contributed by atoms with Gasteiger partial charge in [-0.05, 0) is 79.4 Å². The number of carbonyl (C=O) groups is 1. The van der Waals surface area contributed by atoms with E-state index >= 15 is 0 Å².